The number of hydrogen-bond acceptors (Lipinski definition) is 7. The number of nitrogen functional groups attached to an aromatic ring is 1. The molecule has 0 bridgehead atoms. The molecule has 3 N–H and O–H groups in total. The van der Waals surface area contributed by atoms with Gasteiger partial charge in [-0.2, -0.15) is 4.98 Å². The first kappa shape index (κ1) is 18.9. The Bertz CT molecular complexity index is 769. The number of para-hydroxylation sites is 2. The summed E-state index contributed by atoms with van der Waals surface area (Å²) in [6.45, 7) is 6.10. The lowest BCUT2D eigenvalue weighted by molar-refractivity contribution is -0.116. The highest BCUT2D eigenvalue weighted by molar-refractivity contribution is 5.92. The number of piperazine rings is 1. The van der Waals surface area contributed by atoms with Gasteiger partial charge in [0.2, 0.25) is 11.9 Å². The Kier molecular flexibility index (Phi) is 6.08. The first-order valence-corrected chi connectivity index (χ1v) is 9.06. The molecule has 1 aromatic heterocycles. The van der Waals surface area contributed by atoms with Crippen molar-refractivity contribution in [3.8, 4) is 5.75 Å². The Balaban J connectivity index is 1.46. The van der Waals surface area contributed by atoms with Crippen LogP contribution in [0.2, 0.25) is 0 Å². The van der Waals surface area contributed by atoms with Crippen LogP contribution in [-0.4, -0.2) is 60.6 Å². The molecule has 2 aromatic rings. The molecule has 27 heavy (non-hydrogen) atoms. The maximum absolute atomic E-state index is 12.2. The van der Waals surface area contributed by atoms with E-state index in [2.05, 4.69) is 25.1 Å². The van der Waals surface area contributed by atoms with Crippen molar-refractivity contribution in [1.82, 2.24) is 14.9 Å². The van der Waals surface area contributed by atoms with Crippen molar-refractivity contribution in [3.05, 3.63) is 36.0 Å². The maximum Gasteiger partial charge on any atom is 0.225 e. The molecular weight excluding hydrogens is 344 g/mol. The van der Waals surface area contributed by atoms with Crippen molar-refractivity contribution in [1.29, 1.82) is 0 Å². The van der Waals surface area contributed by atoms with Crippen LogP contribution < -0.4 is 20.7 Å². The number of hydrogen-bond donors (Lipinski definition) is 2. The highest BCUT2D eigenvalue weighted by Crippen LogP contribution is 2.23. The number of nitrogens with one attached hydrogen (secondary N) is 1. The average molecular weight is 370 g/mol. The number of aryl methyl sites for hydroxylation is 1. The number of carbonyl (C=O) groups is 1. The maximum atomic E-state index is 12.2. The number of aromatic nitrogens is 2. The molecule has 8 heteroatoms. The first-order valence-electron chi connectivity index (χ1n) is 9.06. The number of ether oxygens (including phenoxy) is 1. The van der Waals surface area contributed by atoms with Gasteiger partial charge in [0.05, 0.1) is 12.8 Å². The molecule has 1 aliphatic rings. The van der Waals surface area contributed by atoms with Gasteiger partial charge in [0.15, 0.2) is 0 Å². The molecule has 1 aliphatic heterocycles. The van der Waals surface area contributed by atoms with Gasteiger partial charge in [-0.05, 0) is 19.1 Å². The summed E-state index contributed by atoms with van der Waals surface area (Å²) < 4.78 is 5.26. The third-order valence-electron chi connectivity index (χ3n) is 4.59. The summed E-state index contributed by atoms with van der Waals surface area (Å²) in [6, 6.07) is 9.37. The minimum atomic E-state index is -0.0128. The Morgan fingerprint density at radius 2 is 1.96 bits per heavy atom. The number of anilines is 3. The van der Waals surface area contributed by atoms with Gasteiger partial charge in [-0.3, -0.25) is 9.69 Å². The topological polar surface area (TPSA) is 96.6 Å². The standard InChI is InChI=1S/C19H26N6O2/c1-14-13-17(23-19(20)21-14)25-11-9-24(10-12-25)8-7-18(26)22-15-5-3-4-6-16(15)27-2/h3-6,13H,7-12H2,1-2H3,(H,22,26)(H2,20,21,23). The summed E-state index contributed by atoms with van der Waals surface area (Å²) in [5.41, 5.74) is 7.31. The van der Waals surface area contributed by atoms with Crippen LogP contribution in [0.4, 0.5) is 17.5 Å². The number of carbonyl (C=O) groups excluding carboxylic acids is 1. The molecule has 0 atom stereocenters. The van der Waals surface area contributed by atoms with Gasteiger partial charge in [0, 0.05) is 50.9 Å². The summed E-state index contributed by atoms with van der Waals surface area (Å²) in [5, 5.41) is 2.92. The number of benzene rings is 1. The second-order valence-electron chi connectivity index (χ2n) is 6.55. The molecule has 144 valence electrons. The Morgan fingerprint density at radius 3 is 2.67 bits per heavy atom. The van der Waals surface area contributed by atoms with Gasteiger partial charge in [-0.1, -0.05) is 12.1 Å². The second-order valence-corrected chi connectivity index (χ2v) is 6.55. The fraction of sp³-hybridized carbons (Fsp3) is 0.421. The van der Waals surface area contributed by atoms with Crippen molar-refractivity contribution in [2.75, 3.05) is 55.8 Å². The third-order valence-corrected chi connectivity index (χ3v) is 4.59. The fourth-order valence-electron chi connectivity index (χ4n) is 3.16. The van der Waals surface area contributed by atoms with Gasteiger partial charge in [-0.25, -0.2) is 4.98 Å². The van der Waals surface area contributed by atoms with E-state index in [1.807, 2.05) is 37.3 Å². The highest BCUT2D eigenvalue weighted by atomic mass is 16.5. The van der Waals surface area contributed by atoms with E-state index in [0.717, 1.165) is 44.2 Å². The van der Waals surface area contributed by atoms with Crippen LogP contribution in [0, 0.1) is 6.92 Å². The molecular formula is C19H26N6O2. The zero-order valence-corrected chi connectivity index (χ0v) is 15.8. The predicted molar refractivity (Wildman–Crippen MR) is 106 cm³/mol. The van der Waals surface area contributed by atoms with Gasteiger partial charge in [0.25, 0.3) is 0 Å². The predicted octanol–water partition coefficient (Wildman–Crippen LogP) is 1.53. The Hall–Kier alpha value is -2.87. The van der Waals surface area contributed by atoms with Gasteiger partial charge >= 0.3 is 0 Å². The third kappa shape index (κ3) is 5.07. The zero-order valence-electron chi connectivity index (χ0n) is 15.8. The molecule has 1 saturated heterocycles. The monoisotopic (exact) mass is 370 g/mol. The van der Waals surface area contributed by atoms with E-state index in [1.54, 1.807) is 7.11 Å². The van der Waals surface area contributed by atoms with Crippen LogP contribution in [0.25, 0.3) is 0 Å². The fourth-order valence-corrected chi connectivity index (χ4v) is 3.16. The Morgan fingerprint density at radius 1 is 1.22 bits per heavy atom. The van der Waals surface area contributed by atoms with E-state index in [0.29, 0.717) is 23.8 Å². The lowest BCUT2D eigenvalue weighted by Gasteiger charge is -2.35. The molecule has 0 aliphatic carbocycles. The molecule has 0 unspecified atom stereocenters. The molecule has 8 nitrogen and oxygen atoms in total. The van der Waals surface area contributed by atoms with Crippen molar-refractivity contribution in [3.63, 3.8) is 0 Å². The van der Waals surface area contributed by atoms with Crippen molar-refractivity contribution >= 4 is 23.4 Å². The Labute approximate surface area is 159 Å². The summed E-state index contributed by atoms with van der Waals surface area (Å²) >= 11 is 0. The molecule has 3 rings (SSSR count). The number of methoxy groups -OCH3 is 1. The van der Waals surface area contributed by atoms with E-state index < -0.39 is 0 Å². The van der Waals surface area contributed by atoms with Gasteiger partial charge in [-0.15, -0.1) is 0 Å². The molecule has 0 spiro atoms. The summed E-state index contributed by atoms with van der Waals surface area (Å²) in [5.74, 6) is 1.83. The highest BCUT2D eigenvalue weighted by Gasteiger charge is 2.19. The lowest BCUT2D eigenvalue weighted by atomic mass is 10.2. The van der Waals surface area contributed by atoms with E-state index in [1.165, 1.54) is 0 Å². The number of amides is 1. The number of nitrogens with two attached hydrogens (primary N) is 1. The molecule has 1 aromatic carbocycles. The molecule has 1 fully saturated rings. The zero-order chi connectivity index (χ0) is 19.2. The molecule has 2 heterocycles. The first-order chi connectivity index (χ1) is 13.0. The average Bonchev–Trinajstić information content (AvgIpc) is 2.66. The largest absolute Gasteiger partial charge is 0.495 e. The van der Waals surface area contributed by atoms with Crippen molar-refractivity contribution in [2.45, 2.75) is 13.3 Å². The van der Waals surface area contributed by atoms with Gasteiger partial charge in [0.1, 0.15) is 11.6 Å². The molecule has 0 saturated carbocycles. The lowest BCUT2D eigenvalue weighted by Crippen LogP contribution is -2.47. The molecule has 1 amide bonds. The van der Waals surface area contributed by atoms with Crippen LogP contribution in [0.5, 0.6) is 5.75 Å². The summed E-state index contributed by atoms with van der Waals surface area (Å²) in [7, 11) is 1.59. The van der Waals surface area contributed by atoms with Crippen LogP contribution in [0.1, 0.15) is 12.1 Å². The second kappa shape index (κ2) is 8.68. The van der Waals surface area contributed by atoms with E-state index in [9.17, 15) is 4.79 Å². The minimum absolute atomic E-state index is 0.0128. The number of rotatable bonds is 6. The van der Waals surface area contributed by atoms with Crippen molar-refractivity contribution in [2.24, 2.45) is 0 Å². The van der Waals surface area contributed by atoms with Crippen LogP contribution >= 0.6 is 0 Å². The van der Waals surface area contributed by atoms with E-state index >= 15 is 0 Å². The van der Waals surface area contributed by atoms with Crippen molar-refractivity contribution < 1.29 is 9.53 Å². The minimum Gasteiger partial charge on any atom is -0.495 e. The van der Waals surface area contributed by atoms with Crippen LogP contribution in [0.15, 0.2) is 30.3 Å². The number of nitrogens with zero attached hydrogens (tertiary/aromatic N) is 4. The summed E-state index contributed by atoms with van der Waals surface area (Å²) in [4.78, 5) is 25.2. The summed E-state index contributed by atoms with van der Waals surface area (Å²) in [6.07, 6.45) is 0.442. The SMILES string of the molecule is COc1ccccc1NC(=O)CCN1CCN(c2cc(C)nc(N)n2)CC1. The quantitative estimate of drug-likeness (QED) is 0.796. The molecule has 0 radical (unpaired) electrons. The van der Waals surface area contributed by atoms with E-state index in [-0.39, 0.29) is 5.91 Å². The van der Waals surface area contributed by atoms with Crippen LogP contribution in [0.3, 0.4) is 0 Å². The normalized spacial score (nSPS) is 14.8. The smallest absolute Gasteiger partial charge is 0.225 e. The van der Waals surface area contributed by atoms with Crippen LogP contribution in [-0.2, 0) is 4.79 Å². The van der Waals surface area contributed by atoms with E-state index in [4.69, 9.17) is 10.5 Å². The van der Waals surface area contributed by atoms with Gasteiger partial charge < -0.3 is 20.7 Å².